The Hall–Kier alpha value is -0.870. The zero-order chi connectivity index (χ0) is 11.1. The molecule has 0 aliphatic carbocycles. The Balaban J connectivity index is 2.12. The average molecular weight is 235 g/mol. The van der Waals surface area contributed by atoms with E-state index in [-0.39, 0.29) is 0 Å². The van der Waals surface area contributed by atoms with E-state index in [9.17, 15) is 0 Å². The number of nitrogens with zero attached hydrogens (tertiary/aromatic N) is 2. The van der Waals surface area contributed by atoms with Crippen LogP contribution in [0.5, 0.6) is 0 Å². The smallest absolute Gasteiger partial charge is 0.194 e. The summed E-state index contributed by atoms with van der Waals surface area (Å²) in [6.07, 6.45) is 4.56. The quantitative estimate of drug-likeness (QED) is 0.867. The second kappa shape index (κ2) is 3.86. The highest BCUT2D eigenvalue weighted by molar-refractivity contribution is 7.15. The third-order valence-electron chi connectivity index (χ3n) is 3.31. The van der Waals surface area contributed by atoms with Gasteiger partial charge in [0.1, 0.15) is 0 Å². The van der Waals surface area contributed by atoms with Crippen molar-refractivity contribution >= 4 is 16.3 Å². The minimum absolute atomic E-state index is 0.502. The van der Waals surface area contributed by atoms with E-state index >= 15 is 0 Å². The van der Waals surface area contributed by atoms with Crippen LogP contribution in [0.1, 0.15) is 50.0 Å². The van der Waals surface area contributed by atoms with Crippen molar-refractivity contribution in [3.8, 4) is 0 Å². The Kier molecular flexibility index (Phi) is 2.48. The molecular weight excluding hydrogens is 218 g/mol. The SMILES string of the molecule is CC(C)c1csc2ncc(C3CCCN3)n12. The van der Waals surface area contributed by atoms with E-state index in [1.54, 1.807) is 11.3 Å². The zero-order valence-electron chi connectivity index (χ0n) is 9.73. The van der Waals surface area contributed by atoms with Crippen molar-refractivity contribution in [2.75, 3.05) is 6.54 Å². The number of hydrogen-bond acceptors (Lipinski definition) is 3. The van der Waals surface area contributed by atoms with Crippen LogP contribution in [0.15, 0.2) is 11.6 Å². The average Bonchev–Trinajstić information content (AvgIpc) is 2.93. The predicted octanol–water partition coefficient (Wildman–Crippen LogP) is 2.94. The van der Waals surface area contributed by atoms with Crippen LogP contribution in [0.25, 0.3) is 4.96 Å². The molecular formula is C12H17N3S. The van der Waals surface area contributed by atoms with E-state index in [1.165, 1.54) is 24.2 Å². The topological polar surface area (TPSA) is 29.3 Å². The van der Waals surface area contributed by atoms with Crippen LogP contribution in [0.2, 0.25) is 0 Å². The molecule has 1 aliphatic rings. The molecule has 16 heavy (non-hydrogen) atoms. The van der Waals surface area contributed by atoms with Crippen LogP contribution in [-0.2, 0) is 0 Å². The molecule has 0 spiro atoms. The van der Waals surface area contributed by atoms with Gasteiger partial charge in [-0.3, -0.25) is 4.40 Å². The van der Waals surface area contributed by atoms with Crippen molar-refractivity contribution in [3.63, 3.8) is 0 Å². The first-order chi connectivity index (χ1) is 7.77. The summed E-state index contributed by atoms with van der Waals surface area (Å²) in [7, 11) is 0. The Morgan fingerprint density at radius 2 is 2.44 bits per heavy atom. The Morgan fingerprint density at radius 3 is 3.12 bits per heavy atom. The van der Waals surface area contributed by atoms with Crippen LogP contribution >= 0.6 is 11.3 Å². The molecule has 4 heteroatoms. The third kappa shape index (κ3) is 1.48. The van der Waals surface area contributed by atoms with E-state index in [0.717, 1.165) is 11.5 Å². The summed E-state index contributed by atoms with van der Waals surface area (Å²) in [5.41, 5.74) is 2.73. The van der Waals surface area contributed by atoms with E-state index in [0.29, 0.717) is 12.0 Å². The molecule has 3 heterocycles. The Labute approximate surface area is 99.5 Å². The fraction of sp³-hybridized carbons (Fsp3) is 0.583. The van der Waals surface area contributed by atoms with Gasteiger partial charge in [0.15, 0.2) is 4.96 Å². The summed E-state index contributed by atoms with van der Waals surface area (Å²) in [5.74, 6) is 0.558. The summed E-state index contributed by atoms with van der Waals surface area (Å²) in [4.78, 5) is 5.64. The van der Waals surface area contributed by atoms with E-state index in [2.05, 4.69) is 33.9 Å². The van der Waals surface area contributed by atoms with Crippen molar-refractivity contribution in [1.82, 2.24) is 14.7 Å². The molecule has 3 rings (SSSR count). The third-order valence-corrected chi connectivity index (χ3v) is 4.17. The first kappa shape index (κ1) is 10.3. The first-order valence-corrected chi connectivity index (χ1v) is 6.83. The van der Waals surface area contributed by atoms with Crippen molar-refractivity contribution in [2.45, 2.75) is 38.6 Å². The number of rotatable bonds is 2. The Bertz CT molecular complexity index is 491. The van der Waals surface area contributed by atoms with Gasteiger partial charge in [-0.2, -0.15) is 0 Å². The van der Waals surface area contributed by atoms with Crippen molar-refractivity contribution in [1.29, 1.82) is 0 Å². The van der Waals surface area contributed by atoms with Crippen molar-refractivity contribution < 1.29 is 0 Å². The molecule has 1 N–H and O–H groups in total. The number of fused-ring (bicyclic) bond motifs is 1. The molecule has 3 nitrogen and oxygen atoms in total. The summed E-state index contributed by atoms with van der Waals surface area (Å²) in [6, 6.07) is 0.502. The van der Waals surface area contributed by atoms with Crippen LogP contribution < -0.4 is 5.32 Å². The second-order valence-electron chi connectivity index (χ2n) is 4.77. The van der Waals surface area contributed by atoms with Crippen molar-refractivity contribution in [2.24, 2.45) is 0 Å². The molecule has 1 aliphatic heterocycles. The first-order valence-electron chi connectivity index (χ1n) is 5.95. The molecule has 1 fully saturated rings. The summed E-state index contributed by atoms with van der Waals surface area (Å²) < 4.78 is 2.35. The maximum atomic E-state index is 4.51. The number of thiazole rings is 1. The van der Waals surface area contributed by atoms with Gasteiger partial charge in [-0.05, 0) is 25.3 Å². The summed E-state index contributed by atoms with van der Waals surface area (Å²) in [5, 5.41) is 5.79. The number of nitrogens with one attached hydrogen (secondary N) is 1. The van der Waals surface area contributed by atoms with Gasteiger partial charge in [0, 0.05) is 17.1 Å². The van der Waals surface area contributed by atoms with E-state index < -0.39 is 0 Å². The number of aromatic nitrogens is 2. The molecule has 1 saturated heterocycles. The van der Waals surface area contributed by atoms with Crippen molar-refractivity contribution in [3.05, 3.63) is 23.0 Å². The number of hydrogen-bond donors (Lipinski definition) is 1. The van der Waals surface area contributed by atoms with Gasteiger partial charge < -0.3 is 5.32 Å². The predicted molar refractivity (Wildman–Crippen MR) is 67.1 cm³/mol. The minimum atomic E-state index is 0.502. The molecule has 0 bridgehead atoms. The fourth-order valence-electron chi connectivity index (χ4n) is 2.43. The van der Waals surface area contributed by atoms with Gasteiger partial charge in [0.2, 0.25) is 0 Å². The lowest BCUT2D eigenvalue weighted by atomic mass is 10.1. The molecule has 0 amide bonds. The molecule has 86 valence electrons. The minimum Gasteiger partial charge on any atom is -0.309 e. The lowest BCUT2D eigenvalue weighted by Crippen LogP contribution is -2.15. The van der Waals surface area contributed by atoms with Crippen LogP contribution in [-0.4, -0.2) is 15.9 Å². The van der Waals surface area contributed by atoms with Crippen LogP contribution in [0, 0.1) is 0 Å². The second-order valence-corrected chi connectivity index (χ2v) is 5.60. The largest absolute Gasteiger partial charge is 0.309 e. The van der Waals surface area contributed by atoms with E-state index in [1.807, 2.05) is 6.20 Å². The summed E-state index contributed by atoms with van der Waals surface area (Å²) in [6.45, 7) is 5.62. The summed E-state index contributed by atoms with van der Waals surface area (Å²) >= 11 is 1.75. The van der Waals surface area contributed by atoms with Gasteiger partial charge in [-0.15, -0.1) is 11.3 Å². The standard InChI is InChI=1S/C12H17N3S/c1-8(2)11-7-16-12-14-6-10(15(11)12)9-4-3-5-13-9/h6-9,13H,3-5H2,1-2H3. The van der Waals surface area contributed by atoms with Gasteiger partial charge in [0.05, 0.1) is 11.9 Å². The lowest BCUT2D eigenvalue weighted by molar-refractivity contribution is 0.614. The molecule has 0 aromatic carbocycles. The molecule has 2 aromatic rings. The fourth-order valence-corrected chi connectivity index (χ4v) is 3.47. The maximum absolute atomic E-state index is 4.51. The monoisotopic (exact) mass is 235 g/mol. The lowest BCUT2D eigenvalue weighted by Gasteiger charge is -2.12. The molecule has 2 aromatic heterocycles. The highest BCUT2D eigenvalue weighted by Gasteiger charge is 2.22. The Morgan fingerprint density at radius 1 is 1.56 bits per heavy atom. The van der Waals surface area contributed by atoms with E-state index in [4.69, 9.17) is 0 Å². The highest BCUT2D eigenvalue weighted by atomic mass is 32.1. The molecule has 1 atom stereocenters. The van der Waals surface area contributed by atoms with Crippen LogP contribution in [0.3, 0.4) is 0 Å². The number of imidazole rings is 1. The van der Waals surface area contributed by atoms with Crippen LogP contribution in [0.4, 0.5) is 0 Å². The van der Waals surface area contributed by atoms with Gasteiger partial charge >= 0.3 is 0 Å². The highest BCUT2D eigenvalue weighted by Crippen LogP contribution is 2.29. The maximum Gasteiger partial charge on any atom is 0.194 e. The van der Waals surface area contributed by atoms with Gasteiger partial charge in [-0.1, -0.05) is 13.8 Å². The molecule has 1 unspecified atom stereocenters. The normalized spacial score (nSPS) is 21.3. The zero-order valence-corrected chi connectivity index (χ0v) is 10.5. The van der Waals surface area contributed by atoms with Gasteiger partial charge in [-0.25, -0.2) is 4.98 Å². The van der Waals surface area contributed by atoms with Gasteiger partial charge in [0.25, 0.3) is 0 Å². The molecule has 0 radical (unpaired) electrons. The molecule has 0 saturated carbocycles.